The Balaban J connectivity index is 2.71. The average molecular weight is 183 g/mol. The van der Waals surface area contributed by atoms with Gasteiger partial charge in [0.1, 0.15) is 11.5 Å². The molecule has 1 heterocycles. The first-order valence-corrected chi connectivity index (χ1v) is 3.70. The summed E-state index contributed by atoms with van der Waals surface area (Å²) >= 11 is 5.59. The van der Waals surface area contributed by atoms with Crippen molar-refractivity contribution in [3.8, 4) is 18.2 Å². The van der Waals surface area contributed by atoms with E-state index in [0.29, 0.717) is 11.0 Å². The van der Waals surface area contributed by atoms with Gasteiger partial charge in [0.15, 0.2) is 6.10 Å². The number of nitrogens with zero attached hydrogens (tertiary/aromatic N) is 2. The summed E-state index contributed by atoms with van der Waals surface area (Å²) in [6.07, 6.45) is 6.12. The normalized spacial score (nSPS) is 11.8. The van der Waals surface area contributed by atoms with Crippen molar-refractivity contribution in [3.05, 3.63) is 17.5 Å². The summed E-state index contributed by atoms with van der Waals surface area (Å²) in [5.74, 6) is 2.80. The summed E-state index contributed by atoms with van der Waals surface area (Å²) in [4.78, 5) is 7.51. The summed E-state index contributed by atoms with van der Waals surface area (Å²) in [5, 5.41) is 0.337. The molecule has 0 saturated heterocycles. The fraction of sp³-hybridized carbons (Fsp3) is 0.250. The van der Waals surface area contributed by atoms with Crippen molar-refractivity contribution in [2.45, 2.75) is 13.0 Å². The molecule has 0 saturated carbocycles. The van der Waals surface area contributed by atoms with Gasteiger partial charge in [-0.1, -0.05) is 17.5 Å². The molecule has 62 valence electrons. The number of halogens is 1. The number of terminal acetylenes is 1. The fourth-order valence-electron chi connectivity index (χ4n) is 0.597. The first-order chi connectivity index (χ1) is 5.72. The molecule has 1 rings (SSSR count). The summed E-state index contributed by atoms with van der Waals surface area (Å²) in [6, 6.07) is 1.51. The minimum Gasteiger partial charge on any atom is -0.461 e. The van der Waals surface area contributed by atoms with Gasteiger partial charge in [-0.25, -0.2) is 9.97 Å². The first-order valence-electron chi connectivity index (χ1n) is 3.32. The van der Waals surface area contributed by atoms with Crippen LogP contribution in [0.2, 0.25) is 5.15 Å². The van der Waals surface area contributed by atoms with Crippen LogP contribution < -0.4 is 4.74 Å². The summed E-state index contributed by atoms with van der Waals surface area (Å²) < 4.78 is 5.17. The van der Waals surface area contributed by atoms with Crippen LogP contribution in [0, 0.1) is 12.3 Å². The molecule has 1 aromatic rings. The second-order valence-corrected chi connectivity index (χ2v) is 2.49. The third kappa shape index (κ3) is 2.40. The highest BCUT2D eigenvalue weighted by Crippen LogP contribution is 2.11. The second-order valence-electron chi connectivity index (χ2n) is 2.11. The van der Waals surface area contributed by atoms with Gasteiger partial charge < -0.3 is 4.74 Å². The molecule has 0 N–H and O–H groups in total. The number of ether oxygens (including phenoxy) is 1. The molecule has 4 heteroatoms. The Kier molecular flexibility index (Phi) is 2.89. The molecule has 0 aromatic carbocycles. The van der Waals surface area contributed by atoms with Crippen LogP contribution in [-0.2, 0) is 0 Å². The van der Waals surface area contributed by atoms with Crippen molar-refractivity contribution in [3.63, 3.8) is 0 Å². The maximum atomic E-state index is 5.59. The zero-order valence-corrected chi connectivity index (χ0v) is 7.25. The van der Waals surface area contributed by atoms with Crippen LogP contribution in [0.1, 0.15) is 6.92 Å². The lowest BCUT2D eigenvalue weighted by molar-refractivity contribution is 0.267. The van der Waals surface area contributed by atoms with E-state index in [2.05, 4.69) is 15.9 Å². The van der Waals surface area contributed by atoms with E-state index in [1.807, 2.05) is 0 Å². The number of aromatic nitrogens is 2. The smallest absolute Gasteiger partial charge is 0.219 e. The highest BCUT2D eigenvalue weighted by molar-refractivity contribution is 6.29. The molecule has 1 aromatic heterocycles. The molecular weight excluding hydrogens is 176 g/mol. The van der Waals surface area contributed by atoms with Gasteiger partial charge in [-0.15, -0.1) is 6.42 Å². The van der Waals surface area contributed by atoms with E-state index in [0.717, 1.165) is 0 Å². The predicted octanol–water partition coefficient (Wildman–Crippen LogP) is 1.53. The summed E-state index contributed by atoms with van der Waals surface area (Å²) in [6.45, 7) is 1.75. The Bertz CT molecular complexity index is 308. The zero-order chi connectivity index (χ0) is 8.97. The van der Waals surface area contributed by atoms with Crippen molar-refractivity contribution in [1.29, 1.82) is 0 Å². The van der Waals surface area contributed by atoms with Crippen LogP contribution in [0.25, 0.3) is 0 Å². The van der Waals surface area contributed by atoms with E-state index < -0.39 is 0 Å². The maximum Gasteiger partial charge on any atom is 0.219 e. The lowest BCUT2D eigenvalue weighted by Gasteiger charge is -2.06. The molecule has 0 radical (unpaired) electrons. The topological polar surface area (TPSA) is 35.0 Å². The van der Waals surface area contributed by atoms with Crippen LogP contribution in [0.3, 0.4) is 0 Å². The standard InChI is InChI=1S/C8H7ClN2O/c1-3-6(2)12-8-4-7(9)10-5-11-8/h1,4-6H,2H3. The van der Waals surface area contributed by atoms with Gasteiger partial charge in [-0.3, -0.25) is 0 Å². The molecular formula is C8H7ClN2O. The lowest BCUT2D eigenvalue weighted by Crippen LogP contribution is -2.09. The summed E-state index contributed by atoms with van der Waals surface area (Å²) in [5.41, 5.74) is 0. The minimum absolute atomic E-state index is 0.309. The fourth-order valence-corrected chi connectivity index (χ4v) is 0.734. The van der Waals surface area contributed by atoms with Crippen molar-refractivity contribution in [1.82, 2.24) is 9.97 Å². The van der Waals surface area contributed by atoms with Gasteiger partial charge in [0, 0.05) is 6.07 Å². The van der Waals surface area contributed by atoms with Gasteiger partial charge in [0.25, 0.3) is 0 Å². The second kappa shape index (κ2) is 3.93. The highest BCUT2D eigenvalue weighted by Gasteiger charge is 2.00. The molecule has 0 amide bonds. The van der Waals surface area contributed by atoms with Gasteiger partial charge in [-0.2, -0.15) is 0 Å². The minimum atomic E-state index is -0.309. The monoisotopic (exact) mass is 182 g/mol. The zero-order valence-electron chi connectivity index (χ0n) is 6.49. The van der Waals surface area contributed by atoms with Gasteiger partial charge in [0.05, 0.1) is 0 Å². The van der Waals surface area contributed by atoms with E-state index >= 15 is 0 Å². The molecule has 1 atom stereocenters. The van der Waals surface area contributed by atoms with Crippen molar-refractivity contribution in [2.75, 3.05) is 0 Å². The van der Waals surface area contributed by atoms with Crippen LogP contribution in [0.5, 0.6) is 5.88 Å². The van der Waals surface area contributed by atoms with Crippen LogP contribution in [-0.4, -0.2) is 16.1 Å². The Hall–Kier alpha value is -1.27. The van der Waals surface area contributed by atoms with Gasteiger partial charge >= 0.3 is 0 Å². The predicted molar refractivity (Wildman–Crippen MR) is 46.0 cm³/mol. The average Bonchev–Trinajstić information content (AvgIpc) is 2.04. The first kappa shape index (κ1) is 8.82. The Morgan fingerprint density at radius 2 is 2.42 bits per heavy atom. The molecule has 0 fully saturated rings. The molecule has 12 heavy (non-hydrogen) atoms. The van der Waals surface area contributed by atoms with E-state index in [1.54, 1.807) is 6.92 Å². The Morgan fingerprint density at radius 3 is 3.00 bits per heavy atom. The quantitative estimate of drug-likeness (QED) is 0.514. The number of rotatable bonds is 2. The van der Waals surface area contributed by atoms with Crippen molar-refractivity contribution >= 4 is 11.6 Å². The largest absolute Gasteiger partial charge is 0.461 e. The van der Waals surface area contributed by atoms with Crippen LogP contribution in [0.15, 0.2) is 12.4 Å². The van der Waals surface area contributed by atoms with E-state index in [1.165, 1.54) is 12.4 Å². The van der Waals surface area contributed by atoms with E-state index in [4.69, 9.17) is 22.8 Å². The van der Waals surface area contributed by atoms with Crippen LogP contribution in [0.4, 0.5) is 0 Å². The van der Waals surface area contributed by atoms with Crippen molar-refractivity contribution < 1.29 is 4.74 Å². The molecule has 1 unspecified atom stereocenters. The number of hydrogen-bond donors (Lipinski definition) is 0. The third-order valence-corrected chi connectivity index (χ3v) is 1.35. The molecule has 0 aliphatic heterocycles. The Morgan fingerprint density at radius 1 is 1.67 bits per heavy atom. The lowest BCUT2D eigenvalue weighted by atomic mass is 10.4. The molecule has 0 aliphatic carbocycles. The van der Waals surface area contributed by atoms with Crippen molar-refractivity contribution in [2.24, 2.45) is 0 Å². The van der Waals surface area contributed by atoms with Gasteiger partial charge in [-0.05, 0) is 6.92 Å². The molecule has 0 bridgehead atoms. The third-order valence-electron chi connectivity index (χ3n) is 1.14. The maximum absolute atomic E-state index is 5.59. The molecule has 0 spiro atoms. The van der Waals surface area contributed by atoms with E-state index in [9.17, 15) is 0 Å². The highest BCUT2D eigenvalue weighted by atomic mass is 35.5. The molecule has 3 nitrogen and oxygen atoms in total. The Labute approximate surface area is 75.7 Å². The summed E-state index contributed by atoms with van der Waals surface area (Å²) in [7, 11) is 0. The number of hydrogen-bond acceptors (Lipinski definition) is 3. The van der Waals surface area contributed by atoms with Gasteiger partial charge in [0.2, 0.25) is 5.88 Å². The van der Waals surface area contributed by atoms with Crippen LogP contribution >= 0.6 is 11.6 Å². The van der Waals surface area contributed by atoms with E-state index in [-0.39, 0.29) is 6.10 Å². The SMILES string of the molecule is C#CC(C)Oc1cc(Cl)ncn1. The molecule has 0 aliphatic rings.